The molecule has 0 radical (unpaired) electrons. The molecular weight excluding hydrogens is 290 g/mol. The zero-order valence-corrected chi connectivity index (χ0v) is 12.1. The van der Waals surface area contributed by atoms with Gasteiger partial charge in [0.2, 0.25) is 0 Å². The molecule has 1 aromatic heterocycles. The third kappa shape index (κ3) is 2.46. The topological polar surface area (TPSA) is 31.1 Å². The molecule has 1 aliphatic heterocycles. The van der Waals surface area contributed by atoms with Gasteiger partial charge in [-0.3, -0.25) is 0 Å². The van der Waals surface area contributed by atoms with Crippen LogP contribution < -0.4 is 5.32 Å². The van der Waals surface area contributed by atoms with Gasteiger partial charge < -0.3 is 15.2 Å². The molecule has 1 fully saturated rings. The molecule has 3 nitrogen and oxygen atoms in total. The average molecular weight is 308 g/mol. The number of hydrogen-bond donors (Lipinski definition) is 2. The summed E-state index contributed by atoms with van der Waals surface area (Å²) in [5, 5.41) is 4.93. The van der Waals surface area contributed by atoms with Gasteiger partial charge in [-0.15, -0.1) is 0 Å². The number of nitrogens with zero attached hydrogens (tertiary/aromatic N) is 1. The Morgan fingerprint density at radius 3 is 3.17 bits per heavy atom. The summed E-state index contributed by atoms with van der Waals surface area (Å²) in [7, 11) is 2.19. The predicted octanol–water partition coefficient (Wildman–Crippen LogP) is 2.38. The zero-order chi connectivity index (χ0) is 12.5. The van der Waals surface area contributed by atoms with Crippen LogP contribution in [-0.2, 0) is 6.42 Å². The summed E-state index contributed by atoms with van der Waals surface area (Å²) in [4.78, 5) is 5.75. The quantitative estimate of drug-likeness (QED) is 0.892. The normalized spacial score (nSPS) is 21.6. The maximum Gasteiger partial charge on any atom is 0.0457 e. The molecule has 0 spiro atoms. The maximum absolute atomic E-state index is 3.60. The van der Waals surface area contributed by atoms with Crippen molar-refractivity contribution in [2.45, 2.75) is 12.5 Å². The third-order valence-corrected chi connectivity index (χ3v) is 4.15. The van der Waals surface area contributed by atoms with Crippen molar-refractivity contribution >= 4 is 26.8 Å². The van der Waals surface area contributed by atoms with Gasteiger partial charge in [0.05, 0.1) is 0 Å². The Hall–Kier alpha value is -0.840. The molecule has 96 valence electrons. The number of rotatable bonds is 2. The smallest absolute Gasteiger partial charge is 0.0457 e. The van der Waals surface area contributed by atoms with Crippen molar-refractivity contribution in [2.24, 2.45) is 0 Å². The van der Waals surface area contributed by atoms with Crippen LogP contribution in [0.15, 0.2) is 28.9 Å². The molecule has 18 heavy (non-hydrogen) atoms. The van der Waals surface area contributed by atoms with Gasteiger partial charge in [0.15, 0.2) is 0 Å². The van der Waals surface area contributed by atoms with Crippen molar-refractivity contribution in [3.63, 3.8) is 0 Å². The van der Waals surface area contributed by atoms with Crippen LogP contribution in [0.2, 0.25) is 0 Å². The minimum Gasteiger partial charge on any atom is -0.361 e. The summed E-state index contributed by atoms with van der Waals surface area (Å²) in [6.07, 6.45) is 3.23. The SMILES string of the molecule is CN1CCNC(Cc2c[nH]c3ccc(Br)cc23)C1. The second-order valence-corrected chi connectivity index (χ2v) is 6.04. The largest absolute Gasteiger partial charge is 0.361 e. The summed E-state index contributed by atoms with van der Waals surface area (Å²) in [5.74, 6) is 0. The summed E-state index contributed by atoms with van der Waals surface area (Å²) >= 11 is 3.55. The van der Waals surface area contributed by atoms with E-state index in [1.807, 2.05) is 0 Å². The van der Waals surface area contributed by atoms with Crippen LogP contribution >= 0.6 is 15.9 Å². The van der Waals surface area contributed by atoms with Crippen LogP contribution in [-0.4, -0.2) is 42.6 Å². The van der Waals surface area contributed by atoms with E-state index in [0.29, 0.717) is 6.04 Å². The molecule has 1 saturated heterocycles. The number of piperazine rings is 1. The molecule has 2 aromatic rings. The maximum atomic E-state index is 3.60. The minimum atomic E-state index is 0.557. The fourth-order valence-electron chi connectivity index (χ4n) is 2.71. The lowest BCUT2D eigenvalue weighted by Gasteiger charge is -2.30. The number of halogens is 1. The van der Waals surface area contributed by atoms with Crippen molar-refractivity contribution in [2.75, 3.05) is 26.7 Å². The number of fused-ring (bicyclic) bond motifs is 1. The molecule has 3 rings (SSSR count). The number of H-pyrrole nitrogens is 1. The summed E-state index contributed by atoms with van der Waals surface area (Å²) in [5.41, 5.74) is 2.62. The molecule has 1 atom stereocenters. The molecule has 2 N–H and O–H groups in total. The first-order chi connectivity index (χ1) is 8.72. The second-order valence-electron chi connectivity index (χ2n) is 5.12. The number of hydrogen-bond acceptors (Lipinski definition) is 2. The van der Waals surface area contributed by atoms with Gasteiger partial charge in [0.25, 0.3) is 0 Å². The Kier molecular flexibility index (Phi) is 3.41. The van der Waals surface area contributed by atoms with E-state index in [4.69, 9.17) is 0 Å². The van der Waals surface area contributed by atoms with E-state index < -0.39 is 0 Å². The van der Waals surface area contributed by atoms with Gasteiger partial charge >= 0.3 is 0 Å². The van der Waals surface area contributed by atoms with Crippen LogP contribution in [0.5, 0.6) is 0 Å². The van der Waals surface area contributed by atoms with Crippen molar-refractivity contribution < 1.29 is 0 Å². The van der Waals surface area contributed by atoms with Crippen LogP contribution in [0.4, 0.5) is 0 Å². The molecule has 4 heteroatoms. The lowest BCUT2D eigenvalue weighted by molar-refractivity contribution is 0.238. The number of benzene rings is 1. The highest BCUT2D eigenvalue weighted by Gasteiger charge is 2.18. The lowest BCUT2D eigenvalue weighted by Crippen LogP contribution is -2.49. The molecule has 2 heterocycles. The van der Waals surface area contributed by atoms with Crippen LogP contribution in [0.3, 0.4) is 0 Å². The molecule has 0 saturated carbocycles. The molecule has 0 bridgehead atoms. The summed E-state index contributed by atoms with van der Waals surface area (Å²) in [6.45, 7) is 3.36. The van der Waals surface area contributed by atoms with Crippen molar-refractivity contribution in [1.29, 1.82) is 0 Å². The Labute approximate surface area is 116 Å². The fraction of sp³-hybridized carbons (Fsp3) is 0.429. The fourth-order valence-corrected chi connectivity index (χ4v) is 3.07. The Morgan fingerprint density at radius 1 is 1.44 bits per heavy atom. The van der Waals surface area contributed by atoms with Gasteiger partial charge in [-0.2, -0.15) is 0 Å². The van der Waals surface area contributed by atoms with Crippen LogP contribution in [0.1, 0.15) is 5.56 Å². The minimum absolute atomic E-state index is 0.557. The molecule has 1 unspecified atom stereocenters. The highest BCUT2D eigenvalue weighted by Crippen LogP contribution is 2.23. The van der Waals surface area contributed by atoms with E-state index in [1.165, 1.54) is 16.5 Å². The van der Waals surface area contributed by atoms with E-state index >= 15 is 0 Å². The van der Waals surface area contributed by atoms with Gasteiger partial charge in [-0.1, -0.05) is 15.9 Å². The standard InChI is InChI=1S/C14H18BrN3/c1-18-5-4-16-12(9-18)6-10-8-17-14-3-2-11(15)7-13(10)14/h2-3,7-8,12,16-17H,4-6,9H2,1H3. The molecule has 0 amide bonds. The van der Waals surface area contributed by atoms with Crippen LogP contribution in [0, 0.1) is 0 Å². The highest BCUT2D eigenvalue weighted by molar-refractivity contribution is 9.10. The molecular formula is C14H18BrN3. The molecule has 1 aromatic carbocycles. The van der Waals surface area contributed by atoms with Crippen molar-refractivity contribution in [1.82, 2.24) is 15.2 Å². The molecule has 0 aliphatic carbocycles. The Balaban J connectivity index is 1.83. The number of aromatic amines is 1. The average Bonchev–Trinajstić information content (AvgIpc) is 2.72. The summed E-state index contributed by atoms with van der Waals surface area (Å²) < 4.78 is 1.14. The highest BCUT2D eigenvalue weighted by atomic mass is 79.9. The van der Waals surface area contributed by atoms with E-state index in [1.54, 1.807) is 0 Å². The van der Waals surface area contributed by atoms with Gasteiger partial charge in [-0.05, 0) is 37.2 Å². The Morgan fingerprint density at radius 2 is 2.33 bits per heavy atom. The van der Waals surface area contributed by atoms with E-state index in [0.717, 1.165) is 30.5 Å². The first-order valence-corrected chi connectivity index (χ1v) is 7.19. The number of nitrogens with one attached hydrogen (secondary N) is 2. The molecule has 1 aliphatic rings. The first kappa shape index (κ1) is 12.2. The monoisotopic (exact) mass is 307 g/mol. The van der Waals surface area contributed by atoms with Gasteiger partial charge in [0.1, 0.15) is 0 Å². The Bertz CT molecular complexity index is 549. The number of aromatic nitrogens is 1. The van der Waals surface area contributed by atoms with E-state index in [2.05, 4.69) is 62.6 Å². The number of likely N-dealkylation sites (N-methyl/N-ethyl adjacent to an activating group) is 1. The third-order valence-electron chi connectivity index (χ3n) is 3.65. The van der Waals surface area contributed by atoms with Crippen molar-refractivity contribution in [3.05, 3.63) is 34.4 Å². The van der Waals surface area contributed by atoms with Gasteiger partial charge in [-0.25, -0.2) is 0 Å². The first-order valence-electron chi connectivity index (χ1n) is 6.40. The van der Waals surface area contributed by atoms with Crippen molar-refractivity contribution in [3.8, 4) is 0 Å². The van der Waals surface area contributed by atoms with E-state index in [-0.39, 0.29) is 0 Å². The predicted molar refractivity (Wildman–Crippen MR) is 79.0 cm³/mol. The second kappa shape index (κ2) is 5.03. The lowest BCUT2D eigenvalue weighted by atomic mass is 10.0. The van der Waals surface area contributed by atoms with E-state index in [9.17, 15) is 0 Å². The zero-order valence-electron chi connectivity index (χ0n) is 10.5. The van der Waals surface area contributed by atoms with Gasteiger partial charge in [0, 0.05) is 47.2 Å². The summed E-state index contributed by atoms with van der Waals surface area (Å²) in [6, 6.07) is 6.97. The van der Waals surface area contributed by atoms with Crippen LogP contribution in [0.25, 0.3) is 10.9 Å².